The summed E-state index contributed by atoms with van der Waals surface area (Å²) in [4.78, 5) is 12.0. The number of hydrogen-bond donors (Lipinski definition) is 3. The molecule has 0 radical (unpaired) electrons. The number of fused-ring (bicyclic) bond motifs is 1. The van der Waals surface area contributed by atoms with Gasteiger partial charge in [0.2, 0.25) is 16.8 Å². The first kappa shape index (κ1) is 15.4. The summed E-state index contributed by atoms with van der Waals surface area (Å²) in [5.74, 6) is 0.266. The average molecular weight is 315 g/mol. The minimum Gasteiger partial charge on any atom is -0.454 e. The number of ether oxygens (including phenoxy) is 2. The van der Waals surface area contributed by atoms with Crippen molar-refractivity contribution in [3.05, 3.63) is 17.7 Å². The second kappa shape index (κ2) is 6.19. The van der Waals surface area contributed by atoms with Crippen LogP contribution < -0.4 is 25.2 Å². The molecule has 0 saturated heterocycles. The molecule has 1 aromatic carbocycles. The van der Waals surface area contributed by atoms with Crippen LogP contribution in [0, 0.1) is 0 Å². The molecule has 0 bridgehead atoms. The fourth-order valence-corrected chi connectivity index (χ4v) is 2.80. The summed E-state index contributed by atoms with van der Waals surface area (Å²) in [6.45, 7) is 2.07. The van der Waals surface area contributed by atoms with Gasteiger partial charge in [0.25, 0.3) is 5.91 Å². The molecule has 1 heterocycles. The molecule has 8 nitrogen and oxygen atoms in total. The molecular formula is C12H17N3O5S. The topological polar surface area (TPSA) is 120 Å². The number of amides is 1. The first-order chi connectivity index (χ1) is 9.93. The van der Waals surface area contributed by atoms with Gasteiger partial charge < -0.3 is 20.5 Å². The fraction of sp³-hybridized carbons (Fsp3) is 0.417. The van der Waals surface area contributed by atoms with E-state index in [1.54, 1.807) is 6.92 Å². The van der Waals surface area contributed by atoms with Crippen molar-refractivity contribution in [2.75, 3.05) is 31.4 Å². The number of nitrogens with two attached hydrogens (primary N) is 1. The standard InChI is InChI=1S/C12H17N3O5S/c1-2-15-21(17,18)4-3-14-12(16)8-5-10-11(6-9(8)13)20-7-19-10/h5-6,15H,2-4,7,13H2,1H3,(H,14,16). The third-order valence-corrected chi connectivity index (χ3v) is 4.28. The molecule has 116 valence electrons. The van der Waals surface area contributed by atoms with E-state index in [0.29, 0.717) is 18.0 Å². The van der Waals surface area contributed by atoms with Crippen LogP contribution in [0.4, 0.5) is 5.69 Å². The Bertz CT molecular complexity index is 645. The molecule has 4 N–H and O–H groups in total. The van der Waals surface area contributed by atoms with Crippen molar-refractivity contribution in [2.45, 2.75) is 6.92 Å². The van der Waals surface area contributed by atoms with Crippen LogP contribution >= 0.6 is 0 Å². The molecule has 1 amide bonds. The van der Waals surface area contributed by atoms with E-state index in [1.807, 2.05) is 0 Å². The summed E-state index contributed by atoms with van der Waals surface area (Å²) in [5.41, 5.74) is 6.24. The van der Waals surface area contributed by atoms with Gasteiger partial charge in [-0.05, 0) is 6.07 Å². The zero-order valence-electron chi connectivity index (χ0n) is 11.5. The van der Waals surface area contributed by atoms with Crippen LogP contribution in [0.3, 0.4) is 0 Å². The van der Waals surface area contributed by atoms with Crippen molar-refractivity contribution in [2.24, 2.45) is 0 Å². The lowest BCUT2D eigenvalue weighted by Gasteiger charge is -2.09. The third-order valence-electron chi connectivity index (χ3n) is 2.81. The molecule has 21 heavy (non-hydrogen) atoms. The molecule has 1 aromatic rings. The second-order valence-electron chi connectivity index (χ2n) is 4.37. The third kappa shape index (κ3) is 3.76. The van der Waals surface area contributed by atoms with Gasteiger partial charge in [-0.15, -0.1) is 0 Å². The summed E-state index contributed by atoms with van der Waals surface area (Å²) >= 11 is 0. The van der Waals surface area contributed by atoms with Crippen LogP contribution in [0.1, 0.15) is 17.3 Å². The van der Waals surface area contributed by atoms with Crippen LogP contribution in [0.2, 0.25) is 0 Å². The average Bonchev–Trinajstić information content (AvgIpc) is 2.84. The first-order valence-electron chi connectivity index (χ1n) is 6.37. The Kier molecular flexibility index (Phi) is 4.53. The number of nitrogens with one attached hydrogen (secondary N) is 2. The molecule has 0 spiro atoms. The van der Waals surface area contributed by atoms with Gasteiger partial charge in [-0.25, -0.2) is 13.1 Å². The number of benzene rings is 1. The summed E-state index contributed by atoms with van der Waals surface area (Å²) < 4.78 is 35.5. The quantitative estimate of drug-likeness (QED) is 0.618. The van der Waals surface area contributed by atoms with E-state index in [4.69, 9.17) is 15.2 Å². The van der Waals surface area contributed by atoms with E-state index in [2.05, 4.69) is 10.0 Å². The van der Waals surface area contributed by atoms with E-state index >= 15 is 0 Å². The van der Waals surface area contributed by atoms with Crippen molar-refractivity contribution in [3.63, 3.8) is 0 Å². The van der Waals surface area contributed by atoms with Crippen LogP contribution in [0.15, 0.2) is 12.1 Å². The number of nitrogen functional groups attached to an aromatic ring is 1. The van der Waals surface area contributed by atoms with E-state index in [0.717, 1.165) is 0 Å². The SMILES string of the molecule is CCNS(=O)(=O)CCNC(=O)c1cc2c(cc1N)OCO2. The minimum absolute atomic E-state index is 0.0119. The van der Waals surface area contributed by atoms with Crippen molar-refractivity contribution in [1.29, 1.82) is 0 Å². The summed E-state index contributed by atoms with van der Waals surface area (Å²) in [7, 11) is -3.37. The lowest BCUT2D eigenvalue weighted by molar-refractivity contribution is 0.0956. The summed E-state index contributed by atoms with van der Waals surface area (Å²) in [5, 5.41) is 2.51. The van der Waals surface area contributed by atoms with Gasteiger partial charge in [-0.3, -0.25) is 4.79 Å². The predicted octanol–water partition coefficient (Wildman–Crippen LogP) is -0.333. The molecule has 1 aliphatic rings. The highest BCUT2D eigenvalue weighted by Crippen LogP contribution is 2.35. The van der Waals surface area contributed by atoms with Crippen molar-refractivity contribution >= 4 is 21.6 Å². The maximum absolute atomic E-state index is 12.0. The highest BCUT2D eigenvalue weighted by molar-refractivity contribution is 7.89. The summed E-state index contributed by atoms with van der Waals surface area (Å²) in [6.07, 6.45) is 0. The van der Waals surface area contributed by atoms with E-state index in [-0.39, 0.29) is 30.3 Å². The second-order valence-corrected chi connectivity index (χ2v) is 6.29. The smallest absolute Gasteiger partial charge is 0.253 e. The number of carbonyl (C=O) groups is 1. The fourth-order valence-electron chi connectivity index (χ4n) is 1.84. The number of rotatable bonds is 6. The van der Waals surface area contributed by atoms with Gasteiger partial charge >= 0.3 is 0 Å². The number of carbonyl (C=O) groups excluding carboxylic acids is 1. The lowest BCUT2D eigenvalue weighted by Crippen LogP contribution is -2.34. The largest absolute Gasteiger partial charge is 0.454 e. The van der Waals surface area contributed by atoms with E-state index in [1.165, 1.54) is 12.1 Å². The number of sulfonamides is 1. The van der Waals surface area contributed by atoms with Gasteiger partial charge in [0.15, 0.2) is 11.5 Å². The van der Waals surface area contributed by atoms with Gasteiger partial charge in [-0.1, -0.05) is 6.92 Å². The zero-order chi connectivity index (χ0) is 15.5. The molecule has 0 aliphatic carbocycles. The number of hydrogen-bond acceptors (Lipinski definition) is 6. The Morgan fingerprint density at radius 2 is 2.00 bits per heavy atom. The van der Waals surface area contributed by atoms with Gasteiger partial charge in [0, 0.05) is 24.8 Å². The van der Waals surface area contributed by atoms with Crippen molar-refractivity contribution < 1.29 is 22.7 Å². The lowest BCUT2D eigenvalue weighted by atomic mass is 10.1. The Morgan fingerprint density at radius 3 is 2.67 bits per heavy atom. The first-order valence-corrected chi connectivity index (χ1v) is 8.03. The Hall–Kier alpha value is -2.00. The van der Waals surface area contributed by atoms with Gasteiger partial charge in [0.1, 0.15) is 0 Å². The molecule has 2 rings (SSSR count). The molecule has 0 aromatic heterocycles. The molecule has 0 atom stereocenters. The molecule has 0 unspecified atom stereocenters. The molecule has 9 heteroatoms. The molecule has 0 saturated carbocycles. The highest BCUT2D eigenvalue weighted by Gasteiger charge is 2.20. The van der Waals surface area contributed by atoms with E-state index in [9.17, 15) is 13.2 Å². The number of anilines is 1. The van der Waals surface area contributed by atoms with Crippen molar-refractivity contribution in [3.8, 4) is 11.5 Å². The van der Waals surface area contributed by atoms with Gasteiger partial charge in [-0.2, -0.15) is 0 Å². The molecule has 0 fully saturated rings. The Labute approximate surface area is 122 Å². The maximum atomic E-state index is 12.0. The zero-order valence-corrected chi connectivity index (χ0v) is 12.3. The normalized spacial score (nSPS) is 13.2. The van der Waals surface area contributed by atoms with Crippen LogP contribution in [0.25, 0.3) is 0 Å². The Morgan fingerprint density at radius 1 is 1.33 bits per heavy atom. The maximum Gasteiger partial charge on any atom is 0.253 e. The van der Waals surface area contributed by atoms with E-state index < -0.39 is 15.9 Å². The molecular weight excluding hydrogens is 298 g/mol. The van der Waals surface area contributed by atoms with Crippen LogP contribution in [-0.4, -0.2) is 40.0 Å². The Balaban J connectivity index is 1.98. The minimum atomic E-state index is -3.37. The summed E-state index contributed by atoms with van der Waals surface area (Å²) in [6, 6.07) is 2.98. The van der Waals surface area contributed by atoms with Crippen LogP contribution in [-0.2, 0) is 10.0 Å². The van der Waals surface area contributed by atoms with Gasteiger partial charge in [0.05, 0.1) is 11.3 Å². The van der Waals surface area contributed by atoms with Crippen molar-refractivity contribution in [1.82, 2.24) is 10.0 Å². The van der Waals surface area contributed by atoms with Crippen LogP contribution in [0.5, 0.6) is 11.5 Å². The molecule has 1 aliphatic heterocycles. The predicted molar refractivity (Wildman–Crippen MR) is 76.8 cm³/mol. The highest BCUT2D eigenvalue weighted by atomic mass is 32.2. The monoisotopic (exact) mass is 315 g/mol.